The van der Waals surface area contributed by atoms with Crippen molar-refractivity contribution in [3.63, 3.8) is 0 Å². The highest BCUT2D eigenvalue weighted by molar-refractivity contribution is 5.81. The Balaban J connectivity index is 1.54. The Morgan fingerprint density at radius 1 is 0.880 bits per heavy atom. The lowest BCUT2D eigenvalue weighted by molar-refractivity contribution is -0.139. The zero-order valence-corrected chi connectivity index (χ0v) is 14.7. The third-order valence-corrected chi connectivity index (χ3v) is 4.28. The van der Waals surface area contributed by atoms with E-state index in [1.54, 1.807) is 6.92 Å². The number of rotatable bonds is 5. The SMILES string of the molecule is CC(Oc1ccc(Oc2ccccc2)cc1)C(=O)N1CCN(C)CC1. The highest BCUT2D eigenvalue weighted by Crippen LogP contribution is 2.24. The van der Waals surface area contributed by atoms with E-state index in [9.17, 15) is 4.79 Å². The molecule has 1 fully saturated rings. The lowest BCUT2D eigenvalue weighted by Gasteiger charge is -2.33. The van der Waals surface area contributed by atoms with Crippen molar-refractivity contribution in [2.75, 3.05) is 33.2 Å². The third-order valence-electron chi connectivity index (χ3n) is 4.28. The van der Waals surface area contributed by atoms with Crippen molar-refractivity contribution in [3.05, 3.63) is 54.6 Å². The first kappa shape index (κ1) is 17.3. The summed E-state index contributed by atoms with van der Waals surface area (Å²) in [5.74, 6) is 2.22. The minimum atomic E-state index is -0.496. The normalized spacial score (nSPS) is 16.3. The van der Waals surface area contributed by atoms with Crippen LogP contribution in [0.25, 0.3) is 0 Å². The second kappa shape index (κ2) is 8.03. The van der Waals surface area contributed by atoms with Crippen LogP contribution in [0.5, 0.6) is 17.2 Å². The summed E-state index contributed by atoms with van der Waals surface area (Å²) in [6.45, 7) is 5.13. The number of ether oxygens (including phenoxy) is 2. The molecule has 5 heteroatoms. The smallest absolute Gasteiger partial charge is 0.263 e. The van der Waals surface area contributed by atoms with Gasteiger partial charge in [-0.05, 0) is 50.4 Å². The number of benzene rings is 2. The number of piperazine rings is 1. The van der Waals surface area contributed by atoms with Gasteiger partial charge in [0, 0.05) is 26.2 Å². The predicted octanol–water partition coefficient (Wildman–Crippen LogP) is 3.02. The van der Waals surface area contributed by atoms with Gasteiger partial charge in [-0.3, -0.25) is 4.79 Å². The molecule has 0 radical (unpaired) electrons. The first-order chi connectivity index (χ1) is 12.1. The van der Waals surface area contributed by atoms with Crippen LogP contribution in [-0.4, -0.2) is 55.0 Å². The molecule has 132 valence electrons. The molecule has 0 bridgehead atoms. The standard InChI is InChI=1S/C20H24N2O3/c1-16(20(23)22-14-12-21(2)13-15-22)24-18-8-10-19(11-9-18)25-17-6-4-3-5-7-17/h3-11,16H,12-15H2,1-2H3. The van der Waals surface area contributed by atoms with Gasteiger partial charge in [0.2, 0.25) is 0 Å². The van der Waals surface area contributed by atoms with Crippen molar-refractivity contribution >= 4 is 5.91 Å². The monoisotopic (exact) mass is 340 g/mol. The van der Waals surface area contributed by atoms with Crippen molar-refractivity contribution in [2.24, 2.45) is 0 Å². The maximum atomic E-state index is 12.5. The maximum absolute atomic E-state index is 12.5. The van der Waals surface area contributed by atoms with Crippen LogP contribution in [0.3, 0.4) is 0 Å². The molecule has 1 amide bonds. The summed E-state index contributed by atoms with van der Waals surface area (Å²) in [5, 5.41) is 0. The van der Waals surface area contributed by atoms with E-state index >= 15 is 0 Å². The zero-order valence-electron chi connectivity index (χ0n) is 14.7. The minimum Gasteiger partial charge on any atom is -0.481 e. The molecule has 0 saturated carbocycles. The van der Waals surface area contributed by atoms with Crippen molar-refractivity contribution in [1.82, 2.24) is 9.80 Å². The summed E-state index contributed by atoms with van der Waals surface area (Å²) < 4.78 is 11.6. The molecule has 1 aliphatic rings. The average molecular weight is 340 g/mol. The summed E-state index contributed by atoms with van der Waals surface area (Å²) in [6, 6.07) is 16.9. The van der Waals surface area contributed by atoms with Crippen LogP contribution in [-0.2, 0) is 4.79 Å². The summed E-state index contributed by atoms with van der Waals surface area (Å²) in [6.07, 6.45) is -0.496. The molecule has 0 aliphatic carbocycles. The van der Waals surface area contributed by atoms with Gasteiger partial charge in [0.25, 0.3) is 5.91 Å². The van der Waals surface area contributed by atoms with Crippen LogP contribution in [0.1, 0.15) is 6.92 Å². The van der Waals surface area contributed by atoms with E-state index in [-0.39, 0.29) is 5.91 Å². The molecule has 5 nitrogen and oxygen atoms in total. The van der Waals surface area contributed by atoms with Crippen LogP contribution >= 0.6 is 0 Å². The molecule has 1 atom stereocenters. The van der Waals surface area contributed by atoms with Crippen LogP contribution in [0.4, 0.5) is 0 Å². The summed E-state index contributed by atoms with van der Waals surface area (Å²) in [7, 11) is 2.07. The fourth-order valence-electron chi connectivity index (χ4n) is 2.75. The second-order valence-corrected chi connectivity index (χ2v) is 6.28. The summed E-state index contributed by atoms with van der Waals surface area (Å²) >= 11 is 0. The first-order valence-electron chi connectivity index (χ1n) is 8.59. The first-order valence-corrected chi connectivity index (χ1v) is 8.59. The molecule has 1 saturated heterocycles. The van der Waals surface area contributed by atoms with E-state index in [1.807, 2.05) is 59.5 Å². The summed E-state index contributed by atoms with van der Waals surface area (Å²) in [5.41, 5.74) is 0. The van der Waals surface area contributed by atoms with E-state index in [4.69, 9.17) is 9.47 Å². The quantitative estimate of drug-likeness (QED) is 0.839. The molecule has 1 heterocycles. The molecule has 2 aromatic rings. The van der Waals surface area contributed by atoms with Crippen LogP contribution in [0, 0.1) is 0 Å². The van der Waals surface area contributed by atoms with Gasteiger partial charge in [0.1, 0.15) is 17.2 Å². The number of likely N-dealkylation sites (N-methyl/N-ethyl adjacent to an activating group) is 1. The molecule has 0 aromatic heterocycles. The zero-order chi connectivity index (χ0) is 17.6. The number of carbonyl (C=O) groups excluding carboxylic acids is 1. The topological polar surface area (TPSA) is 42.0 Å². The number of para-hydroxylation sites is 1. The van der Waals surface area contributed by atoms with Gasteiger partial charge in [0.15, 0.2) is 6.10 Å². The highest BCUT2D eigenvalue weighted by Gasteiger charge is 2.24. The predicted molar refractivity (Wildman–Crippen MR) is 97.1 cm³/mol. The highest BCUT2D eigenvalue weighted by atomic mass is 16.5. The van der Waals surface area contributed by atoms with Gasteiger partial charge < -0.3 is 19.3 Å². The molecule has 1 aliphatic heterocycles. The number of hydrogen-bond donors (Lipinski definition) is 0. The number of carbonyl (C=O) groups is 1. The molecule has 1 unspecified atom stereocenters. The lowest BCUT2D eigenvalue weighted by atomic mass is 10.2. The lowest BCUT2D eigenvalue weighted by Crippen LogP contribution is -2.50. The van der Waals surface area contributed by atoms with Gasteiger partial charge in [0.05, 0.1) is 0 Å². The van der Waals surface area contributed by atoms with E-state index in [1.165, 1.54) is 0 Å². The largest absolute Gasteiger partial charge is 0.481 e. The Morgan fingerprint density at radius 3 is 2.08 bits per heavy atom. The second-order valence-electron chi connectivity index (χ2n) is 6.28. The van der Waals surface area contributed by atoms with Gasteiger partial charge in [-0.2, -0.15) is 0 Å². The molecular formula is C20H24N2O3. The van der Waals surface area contributed by atoms with Crippen molar-refractivity contribution in [2.45, 2.75) is 13.0 Å². The van der Waals surface area contributed by atoms with Crippen molar-refractivity contribution in [3.8, 4) is 17.2 Å². The summed E-state index contributed by atoms with van der Waals surface area (Å²) in [4.78, 5) is 16.6. The fourth-order valence-corrected chi connectivity index (χ4v) is 2.75. The van der Waals surface area contributed by atoms with Crippen LogP contribution in [0.2, 0.25) is 0 Å². The third kappa shape index (κ3) is 4.73. The van der Waals surface area contributed by atoms with E-state index < -0.39 is 6.10 Å². The molecular weight excluding hydrogens is 316 g/mol. The number of nitrogens with zero attached hydrogens (tertiary/aromatic N) is 2. The van der Waals surface area contributed by atoms with E-state index in [0.717, 1.165) is 37.7 Å². The minimum absolute atomic E-state index is 0.0395. The van der Waals surface area contributed by atoms with Crippen molar-refractivity contribution in [1.29, 1.82) is 0 Å². The molecule has 25 heavy (non-hydrogen) atoms. The molecule has 3 rings (SSSR count). The Morgan fingerprint density at radius 2 is 1.44 bits per heavy atom. The Hall–Kier alpha value is -2.53. The number of amides is 1. The van der Waals surface area contributed by atoms with E-state index in [2.05, 4.69) is 11.9 Å². The van der Waals surface area contributed by atoms with Crippen LogP contribution < -0.4 is 9.47 Å². The van der Waals surface area contributed by atoms with Crippen LogP contribution in [0.15, 0.2) is 54.6 Å². The Labute approximate surface area is 148 Å². The fraction of sp³-hybridized carbons (Fsp3) is 0.350. The van der Waals surface area contributed by atoms with Gasteiger partial charge in [-0.15, -0.1) is 0 Å². The van der Waals surface area contributed by atoms with Gasteiger partial charge >= 0.3 is 0 Å². The average Bonchev–Trinajstić information content (AvgIpc) is 2.64. The maximum Gasteiger partial charge on any atom is 0.263 e. The van der Waals surface area contributed by atoms with Gasteiger partial charge in [-0.1, -0.05) is 18.2 Å². The molecule has 0 N–H and O–H groups in total. The van der Waals surface area contributed by atoms with Crippen molar-refractivity contribution < 1.29 is 14.3 Å². The molecule has 2 aromatic carbocycles. The number of hydrogen-bond acceptors (Lipinski definition) is 4. The Bertz CT molecular complexity index is 680. The van der Waals surface area contributed by atoms with Gasteiger partial charge in [-0.25, -0.2) is 0 Å². The van der Waals surface area contributed by atoms with E-state index in [0.29, 0.717) is 5.75 Å². The molecule has 0 spiro atoms. The Kier molecular flexibility index (Phi) is 5.56.